The molecule has 1 aliphatic rings. The summed E-state index contributed by atoms with van der Waals surface area (Å²) in [7, 11) is -3.63. The van der Waals surface area contributed by atoms with Gasteiger partial charge in [0.05, 0.1) is 17.1 Å². The molecular weight excluding hydrogens is 366 g/mol. The van der Waals surface area contributed by atoms with Crippen LogP contribution < -0.4 is 9.04 Å². The van der Waals surface area contributed by atoms with E-state index in [1.807, 2.05) is 26.0 Å². The summed E-state index contributed by atoms with van der Waals surface area (Å²) in [6.45, 7) is 4.03. The topological polar surface area (TPSA) is 46.6 Å². The normalized spacial score (nSPS) is 16.8. The molecule has 0 N–H and O–H groups in total. The van der Waals surface area contributed by atoms with E-state index in [9.17, 15) is 8.42 Å². The number of hydrogen-bond acceptors (Lipinski definition) is 3. The van der Waals surface area contributed by atoms with Crippen molar-refractivity contribution in [2.24, 2.45) is 0 Å². The predicted octanol–water partition coefficient (Wildman–Crippen LogP) is 3.82. The Hall–Kier alpha value is -1.53. The van der Waals surface area contributed by atoms with Crippen molar-refractivity contribution in [1.29, 1.82) is 0 Å². The Labute approximate surface area is 138 Å². The Morgan fingerprint density at radius 1 is 1.09 bits per heavy atom. The lowest BCUT2D eigenvalue weighted by Gasteiger charge is -2.39. The Morgan fingerprint density at radius 3 is 2.41 bits per heavy atom. The van der Waals surface area contributed by atoms with Crippen LogP contribution in [-0.2, 0) is 10.0 Å². The van der Waals surface area contributed by atoms with Crippen LogP contribution in [0.3, 0.4) is 0 Å². The van der Waals surface area contributed by atoms with Gasteiger partial charge in [-0.15, -0.1) is 0 Å². The fraction of sp³-hybridized carbons (Fsp3) is 0.250. The van der Waals surface area contributed by atoms with E-state index in [0.717, 1.165) is 4.47 Å². The molecule has 0 atom stereocenters. The molecule has 4 nitrogen and oxygen atoms in total. The SMILES string of the molecule is CC1(C)CN(S(=O)(=O)c2ccc(Br)cc2)c2ccccc2O1. The molecule has 0 radical (unpaired) electrons. The highest BCUT2D eigenvalue weighted by Crippen LogP contribution is 2.39. The number of hydrogen-bond donors (Lipinski definition) is 0. The number of nitrogens with zero attached hydrogens (tertiary/aromatic N) is 1. The Morgan fingerprint density at radius 2 is 1.73 bits per heavy atom. The van der Waals surface area contributed by atoms with E-state index in [4.69, 9.17) is 4.74 Å². The second kappa shape index (κ2) is 5.28. The van der Waals surface area contributed by atoms with Gasteiger partial charge in [-0.1, -0.05) is 28.1 Å². The predicted molar refractivity (Wildman–Crippen MR) is 89.8 cm³/mol. The van der Waals surface area contributed by atoms with Crippen LogP contribution in [0.4, 0.5) is 5.69 Å². The Balaban J connectivity index is 2.12. The number of para-hydroxylation sites is 2. The first-order chi connectivity index (χ1) is 10.3. The van der Waals surface area contributed by atoms with Crippen LogP contribution in [0.1, 0.15) is 13.8 Å². The molecule has 0 fully saturated rings. The molecule has 2 aromatic carbocycles. The van der Waals surface area contributed by atoms with Crippen molar-refractivity contribution in [3.8, 4) is 5.75 Å². The van der Waals surface area contributed by atoms with E-state index in [0.29, 0.717) is 11.4 Å². The van der Waals surface area contributed by atoms with Gasteiger partial charge in [0, 0.05) is 4.47 Å². The van der Waals surface area contributed by atoms with Gasteiger partial charge in [-0.3, -0.25) is 4.31 Å². The van der Waals surface area contributed by atoms with Crippen molar-refractivity contribution < 1.29 is 13.2 Å². The maximum atomic E-state index is 13.0. The summed E-state index contributed by atoms with van der Waals surface area (Å²) in [5, 5.41) is 0. The molecule has 0 saturated heterocycles. The number of fused-ring (bicyclic) bond motifs is 1. The molecule has 6 heteroatoms. The molecule has 2 aromatic rings. The fourth-order valence-corrected chi connectivity index (χ4v) is 4.35. The lowest BCUT2D eigenvalue weighted by molar-refractivity contribution is 0.110. The van der Waals surface area contributed by atoms with Crippen LogP contribution >= 0.6 is 15.9 Å². The van der Waals surface area contributed by atoms with E-state index >= 15 is 0 Å². The minimum atomic E-state index is -3.63. The van der Waals surface area contributed by atoms with E-state index < -0.39 is 15.6 Å². The van der Waals surface area contributed by atoms with Gasteiger partial charge >= 0.3 is 0 Å². The first-order valence-corrected chi connectivity index (χ1v) is 9.09. The van der Waals surface area contributed by atoms with Crippen LogP contribution in [0, 0.1) is 0 Å². The number of halogens is 1. The third kappa shape index (κ3) is 2.73. The lowest BCUT2D eigenvalue weighted by Crippen LogP contribution is -2.49. The van der Waals surface area contributed by atoms with Gasteiger partial charge < -0.3 is 4.74 Å². The summed E-state index contributed by atoms with van der Waals surface area (Å²) in [4.78, 5) is 0.267. The van der Waals surface area contributed by atoms with Crippen molar-refractivity contribution >= 4 is 31.6 Å². The standard InChI is InChI=1S/C16H16BrNO3S/c1-16(2)11-18(14-5-3-4-6-15(14)21-16)22(19,20)13-9-7-12(17)8-10-13/h3-10H,11H2,1-2H3. The second-order valence-corrected chi connectivity index (χ2v) is 8.57. The number of rotatable bonds is 2. The molecule has 116 valence electrons. The number of ether oxygens (including phenoxy) is 1. The Bertz CT molecular complexity index is 800. The van der Waals surface area contributed by atoms with Crippen molar-refractivity contribution in [2.45, 2.75) is 24.3 Å². The maximum absolute atomic E-state index is 13.0. The van der Waals surface area contributed by atoms with Gasteiger partial charge in [0.1, 0.15) is 11.4 Å². The van der Waals surface area contributed by atoms with Gasteiger partial charge in [0.25, 0.3) is 10.0 Å². The molecule has 3 rings (SSSR count). The molecule has 1 heterocycles. The highest BCUT2D eigenvalue weighted by molar-refractivity contribution is 9.10. The zero-order valence-electron chi connectivity index (χ0n) is 12.3. The maximum Gasteiger partial charge on any atom is 0.264 e. The summed E-state index contributed by atoms with van der Waals surface area (Å²) in [5.41, 5.74) is -0.0127. The monoisotopic (exact) mass is 381 g/mol. The molecule has 1 aliphatic heterocycles. The Kier molecular flexibility index (Phi) is 3.69. The van der Waals surface area contributed by atoms with Crippen molar-refractivity contribution in [3.05, 3.63) is 53.0 Å². The van der Waals surface area contributed by atoms with Crippen molar-refractivity contribution in [1.82, 2.24) is 0 Å². The van der Waals surface area contributed by atoms with Crippen LogP contribution in [-0.4, -0.2) is 20.6 Å². The third-order valence-corrected chi connectivity index (χ3v) is 5.75. The highest BCUT2D eigenvalue weighted by atomic mass is 79.9. The van der Waals surface area contributed by atoms with E-state index in [1.165, 1.54) is 4.31 Å². The van der Waals surface area contributed by atoms with E-state index in [-0.39, 0.29) is 11.4 Å². The van der Waals surface area contributed by atoms with Crippen LogP contribution in [0.2, 0.25) is 0 Å². The van der Waals surface area contributed by atoms with Gasteiger partial charge in [0.15, 0.2) is 0 Å². The molecule has 22 heavy (non-hydrogen) atoms. The number of sulfonamides is 1. The number of benzene rings is 2. The molecule has 0 bridgehead atoms. The van der Waals surface area contributed by atoms with Gasteiger partial charge in [-0.2, -0.15) is 0 Å². The van der Waals surface area contributed by atoms with Crippen molar-refractivity contribution in [3.63, 3.8) is 0 Å². The zero-order valence-corrected chi connectivity index (χ0v) is 14.7. The molecule has 0 spiro atoms. The lowest BCUT2D eigenvalue weighted by atomic mass is 10.1. The largest absolute Gasteiger partial charge is 0.484 e. The first-order valence-electron chi connectivity index (χ1n) is 6.86. The highest BCUT2D eigenvalue weighted by Gasteiger charge is 2.38. The van der Waals surface area contributed by atoms with Gasteiger partial charge in [-0.05, 0) is 50.2 Å². The summed E-state index contributed by atoms with van der Waals surface area (Å²) >= 11 is 3.32. The molecule has 0 unspecified atom stereocenters. The molecule has 0 aliphatic carbocycles. The quantitative estimate of drug-likeness (QED) is 0.794. The van der Waals surface area contributed by atoms with Crippen molar-refractivity contribution in [2.75, 3.05) is 10.8 Å². The number of anilines is 1. The first kappa shape index (κ1) is 15.4. The average molecular weight is 382 g/mol. The zero-order chi connectivity index (χ0) is 16.0. The molecular formula is C16H16BrNO3S. The fourth-order valence-electron chi connectivity index (χ4n) is 2.46. The smallest absolute Gasteiger partial charge is 0.264 e. The minimum absolute atomic E-state index is 0.266. The van der Waals surface area contributed by atoms with E-state index in [2.05, 4.69) is 15.9 Å². The molecule has 0 amide bonds. The van der Waals surface area contributed by atoms with Gasteiger partial charge in [0.2, 0.25) is 0 Å². The van der Waals surface area contributed by atoms with Crippen LogP contribution in [0.25, 0.3) is 0 Å². The molecule has 0 saturated carbocycles. The van der Waals surface area contributed by atoms with Gasteiger partial charge in [-0.25, -0.2) is 8.42 Å². The summed E-state index contributed by atoms with van der Waals surface area (Å²) in [6, 6.07) is 13.9. The van der Waals surface area contributed by atoms with E-state index in [1.54, 1.807) is 36.4 Å². The second-order valence-electron chi connectivity index (χ2n) is 5.80. The summed E-state index contributed by atoms with van der Waals surface area (Å²) in [5.74, 6) is 0.583. The average Bonchev–Trinajstić information content (AvgIpc) is 2.46. The molecule has 0 aromatic heterocycles. The summed E-state index contributed by atoms with van der Waals surface area (Å²) < 4.78 is 34.2. The minimum Gasteiger partial charge on any atom is -0.484 e. The third-order valence-electron chi connectivity index (χ3n) is 3.45. The van der Waals surface area contributed by atoms with Crippen LogP contribution in [0.15, 0.2) is 57.9 Å². The van der Waals surface area contributed by atoms with Crippen LogP contribution in [0.5, 0.6) is 5.75 Å². The summed E-state index contributed by atoms with van der Waals surface area (Å²) in [6.07, 6.45) is 0.